The van der Waals surface area contributed by atoms with Crippen molar-refractivity contribution in [1.82, 2.24) is 0 Å². The van der Waals surface area contributed by atoms with Gasteiger partial charge in [0, 0.05) is 9.81 Å². The molecule has 3 aromatic rings. The van der Waals surface area contributed by atoms with Crippen LogP contribution in [-0.2, 0) is 0 Å². The third-order valence-corrected chi connectivity index (χ3v) is 9.01. The molecule has 22 heavy (non-hydrogen) atoms. The minimum atomic E-state index is 1.01. The highest BCUT2D eigenvalue weighted by atomic mass is 32.2. The highest BCUT2D eigenvalue weighted by molar-refractivity contribution is 8.18. The third-order valence-electron chi connectivity index (χ3n) is 3.19. The molecule has 0 radical (unpaired) electrons. The molecule has 5 heteroatoms. The predicted octanol–water partition coefficient (Wildman–Crippen LogP) is 7.26. The first-order valence-corrected chi connectivity index (χ1v) is 10.3. The molecule has 1 aliphatic rings. The van der Waals surface area contributed by atoms with Gasteiger partial charge < -0.3 is 0 Å². The second-order valence-electron chi connectivity index (χ2n) is 4.62. The van der Waals surface area contributed by atoms with E-state index in [2.05, 4.69) is 60.7 Å². The summed E-state index contributed by atoms with van der Waals surface area (Å²) in [5, 5.41) is 0. The number of benzene rings is 2. The van der Waals surface area contributed by atoms with Crippen molar-refractivity contribution in [1.29, 1.82) is 0 Å². The number of rotatable bonds is 2. The van der Waals surface area contributed by atoms with E-state index in [-0.39, 0.29) is 0 Å². The fourth-order valence-electron chi connectivity index (χ4n) is 2.22. The molecule has 0 saturated heterocycles. The van der Waals surface area contributed by atoms with E-state index in [0.717, 1.165) is 3.14 Å². The van der Waals surface area contributed by atoms with E-state index < -0.39 is 0 Å². The van der Waals surface area contributed by atoms with Gasteiger partial charge in [0.05, 0.1) is 8.42 Å². The minimum Gasteiger partial charge on any atom is -0.105 e. The van der Waals surface area contributed by atoms with Gasteiger partial charge in [-0.2, -0.15) is 0 Å². The topological polar surface area (TPSA) is 0 Å². The number of fused-ring (bicyclic) bond motifs is 1. The Kier molecular flexibility index (Phi) is 4.24. The SMILES string of the molecule is S=c1sc2c(s1)SC(c1ccccc1)=C(c1ccccc1)S2. The smallest absolute Gasteiger partial charge is 0.105 e. The highest BCUT2D eigenvalue weighted by Gasteiger charge is 2.24. The van der Waals surface area contributed by atoms with Crippen molar-refractivity contribution in [3.8, 4) is 0 Å². The fourth-order valence-corrected chi connectivity index (χ4v) is 8.54. The molecule has 0 nitrogen and oxygen atoms in total. The van der Waals surface area contributed by atoms with Crippen molar-refractivity contribution < 1.29 is 0 Å². The first-order chi connectivity index (χ1) is 10.8. The Morgan fingerprint density at radius 3 is 1.41 bits per heavy atom. The number of hydrogen-bond acceptors (Lipinski definition) is 5. The van der Waals surface area contributed by atoms with Crippen molar-refractivity contribution in [3.05, 3.63) is 74.9 Å². The molecule has 108 valence electrons. The van der Waals surface area contributed by atoms with Crippen LogP contribution in [0.5, 0.6) is 0 Å². The summed E-state index contributed by atoms with van der Waals surface area (Å²) in [5.41, 5.74) is 2.54. The van der Waals surface area contributed by atoms with E-state index in [9.17, 15) is 0 Å². The molecular formula is C17H10S5. The van der Waals surface area contributed by atoms with Crippen molar-refractivity contribution in [3.63, 3.8) is 0 Å². The van der Waals surface area contributed by atoms with Crippen molar-refractivity contribution in [2.75, 3.05) is 0 Å². The van der Waals surface area contributed by atoms with Gasteiger partial charge in [0.15, 0.2) is 0 Å². The first kappa shape index (κ1) is 14.7. The van der Waals surface area contributed by atoms with Gasteiger partial charge in [-0.1, -0.05) is 96.4 Å². The Bertz CT molecular complexity index is 816. The van der Waals surface area contributed by atoms with Crippen molar-refractivity contribution >= 4 is 68.2 Å². The first-order valence-electron chi connectivity index (χ1n) is 6.66. The van der Waals surface area contributed by atoms with E-state index in [1.54, 1.807) is 22.7 Å². The van der Waals surface area contributed by atoms with Gasteiger partial charge in [-0.3, -0.25) is 0 Å². The van der Waals surface area contributed by atoms with Crippen LogP contribution < -0.4 is 0 Å². The summed E-state index contributed by atoms with van der Waals surface area (Å²) in [4.78, 5) is 2.65. The van der Waals surface area contributed by atoms with Crippen LogP contribution in [0.1, 0.15) is 11.1 Å². The van der Waals surface area contributed by atoms with Gasteiger partial charge in [-0.15, -0.1) is 22.7 Å². The molecule has 0 amide bonds. The molecule has 2 aromatic carbocycles. The van der Waals surface area contributed by atoms with E-state index in [1.165, 1.54) is 29.4 Å². The molecule has 4 rings (SSSR count). The summed E-state index contributed by atoms with van der Waals surface area (Å²) in [5.74, 6) is 0. The quantitative estimate of drug-likeness (QED) is 0.433. The van der Waals surface area contributed by atoms with Gasteiger partial charge in [0.2, 0.25) is 0 Å². The highest BCUT2D eigenvalue weighted by Crippen LogP contribution is 2.57. The van der Waals surface area contributed by atoms with Crippen LogP contribution in [0.2, 0.25) is 0 Å². The molecular weight excluding hydrogens is 365 g/mol. The Labute approximate surface area is 150 Å². The average Bonchev–Trinajstić information content (AvgIpc) is 2.94. The molecule has 1 aromatic heterocycles. The van der Waals surface area contributed by atoms with Crippen LogP contribution in [0.25, 0.3) is 9.81 Å². The molecule has 0 spiro atoms. The lowest BCUT2D eigenvalue weighted by molar-refractivity contribution is 1.53. The second-order valence-corrected chi connectivity index (χ2v) is 10.4. The molecule has 1 aliphatic heterocycles. The maximum absolute atomic E-state index is 5.38. The maximum Gasteiger partial charge on any atom is 0.145 e. The lowest BCUT2D eigenvalue weighted by atomic mass is 10.1. The van der Waals surface area contributed by atoms with Gasteiger partial charge in [-0.25, -0.2) is 0 Å². The Morgan fingerprint density at radius 2 is 1.00 bits per heavy atom. The van der Waals surface area contributed by atoms with Crippen LogP contribution in [0.4, 0.5) is 0 Å². The lowest BCUT2D eigenvalue weighted by Crippen LogP contribution is -1.91. The molecule has 0 bridgehead atoms. The molecule has 2 heterocycles. The van der Waals surface area contributed by atoms with Crippen LogP contribution in [-0.4, -0.2) is 0 Å². The van der Waals surface area contributed by atoms with E-state index in [0.29, 0.717) is 0 Å². The largest absolute Gasteiger partial charge is 0.145 e. The van der Waals surface area contributed by atoms with Crippen LogP contribution in [0.3, 0.4) is 0 Å². The summed E-state index contributed by atoms with van der Waals surface area (Å²) in [7, 11) is 0. The molecule has 0 fully saturated rings. The lowest BCUT2D eigenvalue weighted by Gasteiger charge is -2.19. The summed E-state index contributed by atoms with van der Waals surface area (Å²) in [6, 6.07) is 21.3. The van der Waals surface area contributed by atoms with E-state index in [1.807, 2.05) is 23.5 Å². The van der Waals surface area contributed by atoms with Gasteiger partial charge in [-0.05, 0) is 11.1 Å². The standard InChI is InChI=1S/C17H10S5/c18-17-21-15-16(22-17)20-14(12-9-5-2-6-10-12)13(19-15)11-7-3-1-4-8-11/h1-10H. The van der Waals surface area contributed by atoms with Gasteiger partial charge in [0.1, 0.15) is 3.14 Å². The Hall–Kier alpha value is -0.850. The fraction of sp³-hybridized carbons (Fsp3) is 0. The molecule has 0 atom stereocenters. The van der Waals surface area contributed by atoms with E-state index >= 15 is 0 Å². The van der Waals surface area contributed by atoms with Crippen molar-refractivity contribution in [2.24, 2.45) is 0 Å². The zero-order valence-electron chi connectivity index (χ0n) is 11.3. The van der Waals surface area contributed by atoms with E-state index in [4.69, 9.17) is 12.2 Å². The summed E-state index contributed by atoms with van der Waals surface area (Å²) < 4.78 is 3.67. The Balaban J connectivity index is 1.90. The Morgan fingerprint density at radius 1 is 0.591 bits per heavy atom. The molecule has 0 unspecified atom stereocenters. The predicted molar refractivity (Wildman–Crippen MR) is 104 cm³/mol. The normalized spacial score (nSPS) is 14.0. The maximum atomic E-state index is 5.38. The van der Waals surface area contributed by atoms with Crippen molar-refractivity contribution in [2.45, 2.75) is 8.42 Å². The number of hydrogen-bond donors (Lipinski definition) is 0. The molecule has 0 aliphatic carbocycles. The second kappa shape index (κ2) is 6.34. The van der Waals surface area contributed by atoms with Crippen LogP contribution >= 0.6 is 58.4 Å². The summed E-state index contributed by atoms with van der Waals surface area (Å²) in [6.07, 6.45) is 0. The zero-order valence-corrected chi connectivity index (χ0v) is 15.4. The minimum absolute atomic E-state index is 1.01. The summed E-state index contributed by atoms with van der Waals surface area (Å²) in [6.45, 7) is 0. The van der Waals surface area contributed by atoms with Gasteiger partial charge in [0.25, 0.3) is 0 Å². The zero-order chi connectivity index (χ0) is 14.9. The van der Waals surface area contributed by atoms with Crippen LogP contribution in [0.15, 0.2) is 69.1 Å². The third kappa shape index (κ3) is 2.84. The van der Waals surface area contributed by atoms with Gasteiger partial charge >= 0.3 is 0 Å². The average molecular weight is 375 g/mol. The summed E-state index contributed by atoms with van der Waals surface area (Å²) >= 11 is 12.5. The molecule has 0 N–H and O–H groups in total. The van der Waals surface area contributed by atoms with Crippen LogP contribution in [0, 0.1) is 3.14 Å². The number of thioether (sulfide) groups is 2. The monoisotopic (exact) mass is 374 g/mol. The molecule has 0 saturated carbocycles.